The molecule has 1 atom stereocenters. The van der Waals surface area contributed by atoms with Crippen molar-refractivity contribution in [2.75, 3.05) is 11.4 Å². The summed E-state index contributed by atoms with van der Waals surface area (Å²) < 4.78 is 0. The van der Waals surface area contributed by atoms with Crippen molar-refractivity contribution in [2.45, 2.75) is 32.2 Å². The van der Waals surface area contributed by atoms with Crippen LogP contribution in [0.5, 0.6) is 0 Å². The molecule has 0 aliphatic carbocycles. The summed E-state index contributed by atoms with van der Waals surface area (Å²) in [6.45, 7) is 3.08. The normalized spacial score (nSPS) is 20.8. The van der Waals surface area contributed by atoms with E-state index in [-0.39, 0.29) is 5.69 Å². The van der Waals surface area contributed by atoms with Gasteiger partial charge < -0.3 is 10.0 Å². The van der Waals surface area contributed by atoms with E-state index in [1.54, 1.807) is 6.07 Å². The van der Waals surface area contributed by atoms with Gasteiger partial charge in [0.15, 0.2) is 5.69 Å². The van der Waals surface area contributed by atoms with Crippen molar-refractivity contribution in [1.82, 2.24) is 9.97 Å². The van der Waals surface area contributed by atoms with Crippen LogP contribution in [-0.4, -0.2) is 33.6 Å². The van der Waals surface area contributed by atoms with Crippen molar-refractivity contribution in [3.05, 3.63) is 18.1 Å². The number of anilines is 1. The van der Waals surface area contributed by atoms with E-state index in [0.29, 0.717) is 6.04 Å². The van der Waals surface area contributed by atoms with E-state index in [1.165, 1.54) is 12.7 Å². The summed E-state index contributed by atoms with van der Waals surface area (Å²) in [6.07, 6.45) is 4.82. The summed E-state index contributed by atoms with van der Waals surface area (Å²) in [5.41, 5.74) is 0.0581. The lowest BCUT2D eigenvalue weighted by Gasteiger charge is -2.34. The van der Waals surface area contributed by atoms with Crippen molar-refractivity contribution in [2.24, 2.45) is 0 Å². The summed E-state index contributed by atoms with van der Waals surface area (Å²) in [6, 6.07) is 1.97. The molecule has 0 aromatic carbocycles. The Hall–Kier alpha value is -1.65. The van der Waals surface area contributed by atoms with Crippen LogP contribution in [-0.2, 0) is 0 Å². The first-order valence-corrected chi connectivity index (χ1v) is 5.50. The zero-order valence-corrected chi connectivity index (χ0v) is 9.26. The minimum atomic E-state index is -1.01. The number of carboxylic acids is 1. The second-order valence-electron chi connectivity index (χ2n) is 4.10. The lowest BCUT2D eigenvalue weighted by molar-refractivity contribution is 0.0690. The van der Waals surface area contributed by atoms with Gasteiger partial charge in [0, 0.05) is 18.7 Å². The first kappa shape index (κ1) is 10.9. The van der Waals surface area contributed by atoms with E-state index >= 15 is 0 Å². The van der Waals surface area contributed by atoms with Crippen molar-refractivity contribution in [3.63, 3.8) is 0 Å². The summed E-state index contributed by atoms with van der Waals surface area (Å²) >= 11 is 0. The fourth-order valence-electron chi connectivity index (χ4n) is 2.06. The predicted molar refractivity (Wildman–Crippen MR) is 59.7 cm³/mol. The fourth-order valence-corrected chi connectivity index (χ4v) is 2.06. The van der Waals surface area contributed by atoms with Gasteiger partial charge in [-0.1, -0.05) is 0 Å². The quantitative estimate of drug-likeness (QED) is 0.820. The Morgan fingerprint density at radius 1 is 1.50 bits per heavy atom. The van der Waals surface area contributed by atoms with E-state index in [2.05, 4.69) is 21.8 Å². The van der Waals surface area contributed by atoms with Gasteiger partial charge in [-0.15, -0.1) is 0 Å². The third-order valence-electron chi connectivity index (χ3n) is 2.97. The van der Waals surface area contributed by atoms with E-state index in [0.717, 1.165) is 25.2 Å². The van der Waals surface area contributed by atoms with Crippen molar-refractivity contribution >= 4 is 11.8 Å². The van der Waals surface area contributed by atoms with Crippen LogP contribution in [0.4, 0.5) is 5.82 Å². The number of carboxylic acid groups (broad SMARTS) is 1. The molecule has 5 nitrogen and oxygen atoms in total. The monoisotopic (exact) mass is 221 g/mol. The maximum atomic E-state index is 10.8. The zero-order chi connectivity index (χ0) is 11.5. The molecule has 0 unspecified atom stereocenters. The minimum absolute atomic E-state index is 0.0581. The number of piperidine rings is 1. The number of nitrogens with zero attached hydrogens (tertiary/aromatic N) is 3. The van der Waals surface area contributed by atoms with Gasteiger partial charge in [-0.2, -0.15) is 0 Å². The van der Waals surface area contributed by atoms with E-state index in [4.69, 9.17) is 5.11 Å². The molecule has 86 valence electrons. The van der Waals surface area contributed by atoms with E-state index < -0.39 is 5.97 Å². The summed E-state index contributed by atoms with van der Waals surface area (Å²) in [4.78, 5) is 20.8. The Bertz CT molecular complexity index is 395. The summed E-state index contributed by atoms with van der Waals surface area (Å²) in [5.74, 6) is -0.284. The first-order valence-electron chi connectivity index (χ1n) is 5.50. The molecule has 0 radical (unpaired) electrons. The largest absolute Gasteiger partial charge is 0.477 e. The highest BCUT2D eigenvalue weighted by Gasteiger charge is 2.20. The summed E-state index contributed by atoms with van der Waals surface area (Å²) in [7, 11) is 0. The Morgan fingerprint density at radius 3 is 3.00 bits per heavy atom. The minimum Gasteiger partial charge on any atom is -0.477 e. The number of hydrogen-bond acceptors (Lipinski definition) is 4. The number of hydrogen-bond donors (Lipinski definition) is 1. The van der Waals surface area contributed by atoms with Gasteiger partial charge in [0.2, 0.25) is 0 Å². The number of carbonyl (C=O) groups is 1. The maximum Gasteiger partial charge on any atom is 0.354 e. The molecule has 2 rings (SSSR count). The molecule has 1 N–H and O–H groups in total. The molecule has 5 heteroatoms. The highest BCUT2D eigenvalue weighted by atomic mass is 16.4. The van der Waals surface area contributed by atoms with Gasteiger partial charge in [-0.25, -0.2) is 14.8 Å². The van der Waals surface area contributed by atoms with Crippen LogP contribution in [0.25, 0.3) is 0 Å². The molecular weight excluding hydrogens is 206 g/mol. The van der Waals surface area contributed by atoms with Gasteiger partial charge >= 0.3 is 5.97 Å². The van der Waals surface area contributed by atoms with Crippen molar-refractivity contribution in [3.8, 4) is 0 Å². The van der Waals surface area contributed by atoms with Crippen LogP contribution in [0.1, 0.15) is 36.7 Å². The standard InChI is InChI=1S/C11H15N3O2/c1-8-4-2-3-5-14(8)10-6-9(11(15)16)12-7-13-10/h6-8H,2-5H2,1H3,(H,15,16)/t8-/m1/s1. The van der Waals surface area contributed by atoms with Crippen LogP contribution < -0.4 is 4.90 Å². The van der Waals surface area contributed by atoms with Crippen LogP contribution >= 0.6 is 0 Å². The van der Waals surface area contributed by atoms with Crippen LogP contribution in [0.2, 0.25) is 0 Å². The van der Waals surface area contributed by atoms with Gasteiger partial charge in [-0.3, -0.25) is 0 Å². The molecule has 0 bridgehead atoms. The maximum absolute atomic E-state index is 10.8. The molecule has 1 aromatic rings. The predicted octanol–water partition coefficient (Wildman–Crippen LogP) is 1.55. The molecule has 1 fully saturated rings. The SMILES string of the molecule is C[C@@H]1CCCCN1c1cc(C(=O)O)ncn1. The number of aromatic carboxylic acids is 1. The lowest BCUT2D eigenvalue weighted by atomic mass is 10.0. The molecule has 1 saturated heterocycles. The van der Waals surface area contributed by atoms with Crippen LogP contribution in [0.3, 0.4) is 0 Å². The molecule has 1 aromatic heterocycles. The van der Waals surface area contributed by atoms with Gasteiger partial charge in [0.25, 0.3) is 0 Å². The van der Waals surface area contributed by atoms with Gasteiger partial charge in [-0.05, 0) is 26.2 Å². The topological polar surface area (TPSA) is 66.3 Å². The lowest BCUT2D eigenvalue weighted by Crippen LogP contribution is -2.38. The highest BCUT2D eigenvalue weighted by Crippen LogP contribution is 2.22. The second-order valence-corrected chi connectivity index (χ2v) is 4.10. The van der Waals surface area contributed by atoms with Crippen LogP contribution in [0, 0.1) is 0 Å². The molecule has 1 aliphatic rings. The Balaban J connectivity index is 2.25. The van der Waals surface area contributed by atoms with Crippen molar-refractivity contribution < 1.29 is 9.90 Å². The Morgan fingerprint density at radius 2 is 2.31 bits per heavy atom. The molecule has 0 spiro atoms. The first-order chi connectivity index (χ1) is 7.68. The molecule has 16 heavy (non-hydrogen) atoms. The Labute approximate surface area is 94.1 Å². The third-order valence-corrected chi connectivity index (χ3v) is 2.97. The smallest absolute Gasteiger partial charge is 0.354 e. The Kier molecular flexibility index (Phi) is 3.03. The van der Waals surface area contributed by atoms with Gasteiger partial charge in [0.1, 0.15) is 12.1 Å². The molecule has 1 aliphatic heterocycles. The molecule has 0 amide bonds. The highest BCUT2D eigenvalue weighted by molar-refractivity contribution is 5.86. The van der Waals surface area contributed by atoms with E-state index in [1.807, 2.05) is 0 Å². The van der Waals surface area contributed by atoms with Crippen LogP contribution in [0.15, 0.2) is 12.4 Å². The molecule has 2 heterocycles. The average molecular weight is 221 g/mol. The van der Waals surface area contributed by atoms with E-state index in [9.17, 15) is 4.79 Å². The fraction of sp³-hybridized carbons (Fsp3) is 0.545. The second kappa shape index (κ2) is 4.47. The third kappa shape index (κ3) is 2.13. The molecular formula is C11H15N3O2. The number of aromatic nitrogens is 2. The zero-order valence-electron chi connectivity index (χ0n) is 9.26. The van der Waals surface area contributed by atoms with Gasteiger partial charge in [0.05, 0.1) is 0 Å². The average Bonchev–Trinajstić information content (AvgIpc) is 2.30. The summed E-state index contributed by atoms with van der Waals surface area (Å²) in [5, 5.41) is 8.86. The number of rotatable bonds is 2. The van der Waals surface area contributed by atoms with Crippen molar-refractivity contribution in [1.29, 1.82) is 0 Å². The molecule has 0 saturated carbocycles.